The van der Waals surface area contributed by atoms with E-state index >= 15 is 0 Å². The van der Waals surface area contributed by atoms with E-state index in [4.69, 9.17) is 14.5 Å². The number of hydrogen-bond acceptors (Lipinski definition) is 8. The van der Waals surface area contributed by atoms with Crippen LogP contribution in [0.4, 0.5) is 10.5 Å². The minimum Gasteiger partial charge on any atom is -0.450 e. The fourth-order valence-corrected chi connectivity index (χ4v) is 4.20. The predicted molar refractivity (Wildman–Crippen MR) is 134 cm³/mol. The van der Waals surface area contributed by atoms with Crippen molar-refractivity contribution in [3.05, 3.63) is 66.1 Å². The molecule has 0 bridgehead atoms. The number of nitrogens with one attached hydrogen (secondary N) is 2. The van der Waals surface area contributed by atoms with E-state index in [2.05, 4.69) is 49.8 Å². The lowest BCUT2D eigenvalue weighted by atomic mass is 9.95. The number of benzene rings is 1. The van der Waals surface area contributed by atoms with Crippen molar-refractivity contribution < 1.29 is 14.3 Å². The van der Waals surface area contributed by atoms with Gasteiger partial charge in [-0.25, -0.2) is 9.79 Å². The molecule has 5 rings (SSSR count). The number of rotatable bonds is 5. The summed E-state index contributed by atoms with van der Waals surface area (Å²) in [5.74, 6) is 0.356. The Balaban J connectivity index is 1.43. The van der Waals surface area contributed by atoms with Gasteiger partial charge in [-0.2, -0.15) is 0 Å². The maximum atomic E-state index is 11.9. The van der Waals surface area contributed by atoms with Gasteiger partial charge >= 0.3 is 6.09 Å². The molecule has 2 aromatic heterocycles. The van der Waals surface area contributed by atoms with Crippen molar-refractivity contribution in [3.8, 4) is 22.4 Å². The average Bonchev–Trinajstić information content (AvgIpc) is 2.90. The fraction of sp³-hybridized carbons (Fsp3) is 0.308. The third-order valence-corrected chi connectivity index (χ3v) is 5.96. The van der Waals surface area contributed by atoms with Crippen molar-refractivity contribution in [1.29, 1.82) is 0 Å². The molecule has 1 amide bonds. The molecule has 180 valence electrons. The molecular weight excluding hydrogens is 444 g/mol. The van der Waals surface area contributed by atoms with Gasteiger partial charge in [-0.15, -0.1) is 0 Å². The molecule has 35 heavy (non-hydrogen) atoms. The highest BCUT2D eigenvalue weighted by molar-refractivity contribution is 6.06. The van der Waals surface area contributed by atoms with Crippen LogP contribution < -0.4 is 10.6 Å². The zero-order valence-corrected chi connectivity index (χ0v) is 19.7. The monoisotopic (exact) mass is 472 g/mol. The molecule has 2 N–H and O–H groups in total. The summed E-state index contributed by atoms with van der Waals surface area (Å²) < 4.78 is 10.4. The number of carbonyl (C=O) groups excluding carboxylic acids is 1. The zero-order chi connectivity index (χ0) is 24.0. The Bertz CT molecular complexity index is 1210. The summed E-state index contributed by atoms with van der Waals surface area (Å²) in [7, 11) is 0. The number of morpholine rings is 1. The number of pyridine rings is 2. The van der Waals surface area contributed by atoms with E-state index < -0.39 is 6.09 Å². The first-order chi connectivity index (χ1) is 17.2. The number of carbonyl (C=O) groups is 1. The Hall–Kier alpha value is -3.82. The van der Waals surface area contributed by atoms with Crippen molar-refractivity contribution in [2.45, 2.75) is 20.0 Å². The van der Waals surface area contributed by atoms with Gasteiger partial charge in [0.1, 0.15) is 0 Å². The molecule has 0 saturated carbocycles. The molecule has 0 aliphatic carbocycles. The summed E-state index contributed by atoms with van der Waals surface area (Å²) in [6.45, 7) is 6.70. The second-order valence-corrected chi connectivity index (χ2v) is 8.33. The van der Waals surface area contributed by atoms with Crippen LogP contribution in [0.2, 0.25) is 0 Å². The molecule has 9 heteroatoms. The molecule has 9 nitrogen and oxygen atoms in total. The molecule has 3 aromatic rings. The van der Waals surface area contributed by atoms with E-state index in [0.29, 0.717) is 12.5 Å². The van der Waals surface area contributed by atoms with Gasteiger partial charge in [0.15, 0.2) is 0 Å². The Labute approximate surface area is 204 Å². The van der Waals surface area contributed by atoms with Gasteiger partial charge in [0.2, 0.25) is 5.96 Å². The summed E-state index contributed by atoms with van der Waals surface area (Å²) in [6, 6.07) is 14.2. The maximum absolute atomic E-state index is 11.9. The lowest BCUT2D eigenvalue weighted by Gasteiger charge is -2.26. The van der Waals surface area contributed by atoms with Crippen LogP contribution in [0.1, 0.15) is 18.2 Å². The third-order valence-electron chi connectivity index (χ3n) is 5.96. The molecule has 0 spiro atoms. The van der Waals surface area contributed by atoms with Gasteiger partial charge in [0, 0.05) is 43.2 Å². The SMILES string of the molecule is CCOC(=O)NC1=NCc2cc(-c3ccc(CN4CCOCC4)nc3)cc(-c3ccccn3)c2N1. The Morgan fingerprint density at radius 1 is 1.14 bits per heavy atom. The van der Waals surface area contributed by atoms with Crippen molar-refractivity contribution in [1.82, 2.24) is 20.2 Å². The second-order valence-electron chi connectivity index (χ2n) is 8.33. The number of fused-ring (bicyclic) bond motifs is 1. The van der Waals surface area contributed by atoms with E-state index in [1.165, 1.54) is 0 Å². The van der Waals surface area contributed by atoms with Crippen LogP contribution >= 0.6 is 0 Å². The number of aromatic nitrogens is 2. The zero-order valence-electron chi connectivity index (χ0n) is 19.7. The Kier molecular flexibility index (Phi) is 6.97. The van der Waals surface area contributed by atoms with E-state index in [1.807, 2.05) is 24.4 Å². The first-order valence-corrected chi connectivity index (χ1v) is 11.8. The molecule has 0 atom stereocenters. The molecule has 1 saturated heterocycles. The molecule has 0 radical (unpaired) electrons. The van der Waals surface area contributed by atoms with Crippen LogP contribution in [0.15, 0.2) is 59.9 Å². The van der Waals surface area contributed by atoms with E-state index in [9.17, 15) is 4.79 Å². The van der Waals surface area contributed by atoms with Crippen LogP contribution in [-0.4, -0.2) is 59.8 Å². The summed E-state index contributed by atoms with van der Waals surface area (Å²) in [5, 5.41) is 5.91. The molecular formula is C26H28N6O3. The summed E-state index contributed by atoms with van der Waals surface area (Å²) in [4.78, 5) is 28.0. The standard InChI is InChI=1S/C26H28N6O3/c1-2-35-26(33)31-25-29-16-20-13-19(14-22(24(20)30-25)23-5-3-4-8-27-23)18-6-7-21(28-15-18)17-32-9-11-34-12-10-32/h3-8,13-15H,2,9-12,16-17H2,1H3,(H2,29,30,31,33). The second kappa shape index (κ2) is 10.6. The van der Waals surface area contributed by atoms with Crippen molar-refractivity contribution in [2.24, 2.45) is 4.99 Å². The number of hydrogen-bond donors (Lipinski definition) is 2. The fourth-order valence-electron chi connectivity index (χ4n) is 4.20. The van der Waals surface area contributed by atoms with Crippen LogP contribution in [0.25, 0.3) is 22.4 Å². The maximum Gasteiger partial charge on any atom is 0.413 e. The largest absolute Gasteiger partial charge is 0.450 e. The number of aliphatic imine (C=N–C) groups is 1. The molecule has 0 unspecified atom stereocenters. The molecule has 1 fully saturated rings. The lowest BCUT2D eigenvalue weighted by molar-refractivity contribution is 0.0336. The highest BCUT2D eigenvalue weighted by Gasteiger charge is 2.21. The number of guanidine groups is 1. The number of ether oxygens (including phenoxy) is 2. The molecule has 4 heterocycles. The van der Waals surface area contributed by atoms with Gasteiger partial charge in [-0.05, 0) is 48.4 Å². The van der Waals surface area contributed by atoms with Crippen molar-refractivity contribution in [2.75, 3.05) is 38.2 Å². The quantitative estimate of drug-likeness (QED) is 0.584. The minimum atomic E-state index is -0.540. The number of amides is 1. The van der Waals surface area contributed by atoms with Crippen LogP contribution in [0.5, 0.6) is 0 Å². The first-order valence-electron chi connectivity index (χ1n) is 11.8. The smallest absolute Gasteiger partial charge is 0.413 e. The minimum absolute atomic E-state index is 0.289. The molecule has 2 aliphatic rings. The summed E-state index contributed by atoms with van der Waals surface area (Å²) in [5.41, 5.74) is 6.73. The highest BCUT2D eigenvalue weighted by Crippen LogP contribution is 2.37. The topological polar surface area (TPSA) is 101 Å². The number of nitrogens with zero attached hydrogens (tertiary/aromatic N) is 4. The summed E-state index contributed by atoms with van der Waals surface area (Å²) in [6.07, 6.45) is 3.15. The van der Waals surface area contributed by atoms with E-state index in [-0.39, 0.29) is 6.61 Å². The van der Waals surface area contributed by atoms with E-state index in [1.54, 1.807) is 13.1 Å². The highest BCUT2D eigenvalue weighted by atomic mass is 16.5. The number of alkyl carbamates (subject to hydrolysis) is 1. The third kappa shape index (κ3) is 5.47. The van der Waals surface area contributed by atoms with Gasteiger partial charge in [-0.3, -0.25) is 20.2 Å². The Morgan fingerprint density at radius 2 is 2.03 bits per heavy atom. The van der Waals surface area contributed by atoms with Gasteiger partial charge in [0.05, 0.1) is 43.4 Å². The van der Waals surface area contributed by atoms with Crippen molar-refractivity contribution >= 4 is 17.7 Å². The van der Waals surface area contributed by atoms with Crippen LogP contribution in [-0.2, 0) is 22.6 Å². The van der Waals surface area contributed by atoms with Gasteiger partial charge in [0.25, 0.3) is 0 Å². The lowest BCUT2D eigenvalue weighted by Crippen LogP contribution is -2.38. The van der Waals surface area contributed by atoms with Crippen LogP contribution in [0, 0.1) is 0 Å². The number of anilines is 1. The van der Waals surface area contributed by atoms with Gasteiger partial charge < -0.3 is 14.8 Å². The summed E-state index contributed by atoms with van der Waals surface area (Å²) >= 11 is 0. The van der Waals surface area contributed by atoms with E-state index in [0.717, 1.165) is 72.2 Å². The van der Waals surface area contributed by atoms with Crippen molar-refractivity contribution in [3.63, 3.8) is 0 Å². The molecule has 2 aliphatic heterocycles. The predicted octanol–water partition coefficient (Wildman–Crippen LogP) is 3.67. The van der Waals surface area contributed by atoms with Gasteiger partial charge in [-0.1, -0.05) is 12.1 Å². The average molecular weight is 473 g/mol. The first kappa shape index (κ1) is 22.9. The Morgan fingerprint density at radius 3 is 2.77 bits per heavy atom. The van der Waals surface area contributed by atoms with Crippen LogP contribution in [0.3, 0.4) is 0 Å². The molecule has 1 aromatic carbocycles. The normalized spacial score (nSPS) is 15.5.